The predicted octanol–water partition coefficient (Wildman–Crippen LogP) is 2.98. The van der Waals surface area contributed by atoms with Gasteiger partial charge in [-0.1, -0.05) is 36.4 Å². The molecule has 0 saturated heterocycles. The van der Waals surface area contributed by atoms with Crippen molar-refractivity contribution < 1.29 is 0 Å². The van der Waals surface area contributed by atoms with Gasteiger partial charge in [-0.25, -0.2) is 0 Å². The molecular weight excluding hydrogens is 158 g/mol. The van der Waals surface area contributed by atoms with E-state index in [-0.39, 0.29) is 0 Å². The highest BCUT2D eigenvalue weighted by Gasteiger charge is 2.23. The van der Waals surface area contributed by atoms with Crippen LogP contribution < -0.4 is 0 Å². The molecule has 0 fully saturated rings. The molecule has 13 heavy (non-hydrogen) atoms. The highest BCUT2D eigenvalue weighted by molar-refractivity contribution is 6.07. The first-order valence-corrected chi connectivity index (χ1v) is 4.47. The minimum atomic E-state index is 0.404. The van der Waals surface area contributed by atoms with Crippen molar-refractivity contribution in [2.45, 2.75) is 5.92 Å². The monoisotopic (exact) mass is 167 g/mol. The van der Waals surface area contributed by atoms with Gasteiger partial charge in [0.2, 0.25) is 0 Å². The summed E-state index contributed by atoms with van der Waals surface area (Å²) < 4.78 is 0. The molecule has 0 spiro atoms. The molecule has 1 heteroatoms. The fourth-order valence-electron chi connectivity index (χ4n) is 1.89. The van der Waals surface area contributed by atoms with Crippen LogP contribution in [-0.4, -0.2) is 5.71 Å². The van der Waals surface area contributed by atoms with Crippen LogP contribution in [0, 0.1) is 0 Å². The van der Waals surface area contributed by atoms with Crippen molar-refractivity contribution in [1.82, 2.24) is 0 Å². The average Bonchev–Trinajstić information content (AvgIpc) is 2.56. The summed E-state index contributed by atoms with van der Waals surface area (Å²) in [6, 6.07) is 8.33. The second kappa shape index (κ2) is 2.43. The smallest absolute Gasteiger partial charge is 0.0675 e. The molecule has 1 aliphatic carbocycles. The van der Waals surface area contributed by atoms with Crippen LogP contribution >= 0.6 is 0 Å². The van der Waals surface area contributed by atoms with Gasteiger partial charge in [0.1, 0.15) is 0 Å². The van der Waals surface area contributed by atoms with E-state index in [4.69, 9.17) is 0 Å². The maximum atomic E-state index is 4.55. The van der Waals surface area contributed by atoms with Crippen LogP contribution in [0.15, 0.2) is 53.6 Å². The number of aliphatic imine (C=N–C) groups is 1. The Morgan fingerprint density at radius 1 is 1.08 bits per heavy atom. The summed E-state index contributed by atoms with van der Waals surface area (Å²) in [5, 5.41) is 0. The molecule has 1 aromatic rings. The van der Waals surface area contributed by atoms with E-state index in [1.54, 1.807) is 0 Å². The third-order valence-electron chi connectivity index (χ3n) is 2.52. The van der Waals surface area contributed by atoms with Gasteiger partial charge in [-0.2, -0.15) is 0 Å². The highest BCUT2D eigenvalue weighted by atomic mass is 14.8. The van der Waals surface area contributed by atoms with E-state index in [0.29, 0.717) is 5.92 Å². The zero-order chi connectivity index (χ0) is 8.67. The fourth-order valence-corrected chi connectivity index (χ4v) is 1.89. The van der Waals surface area contributed by atoms with E-state index in [0.717, 1.165) is 5.69 Å². The Hall–Kier alpha value is -1.63. The molecule has 1 aromatic carbocycles. The number of nitrogens with zero attached hydrogens (tertiary/aromatic N) is 1. The molecule has 0 saturated carbocycles. The molecule has 3 rings (SSSR count). The van der Waals surface area contributed by atoms with Crippen molar-refractivity contribution in [1.29, 1.82) is 0 Å². The van der Waals surface area contributed by atoms with Crippen LogP contribution in [0.25, 0.3) is 0 Å². The molecule has 0 amide bonds. The summed E-state index contributed by atoms with van der Waals surface area (Å²) >= 11 is 0. The Labute approximate surface area is 77.1 Å². The maximum Gasteiger partial charge on any atom is 0.0675 e. The van der Waals surface area contributed by atoms with Gasteiger partial charge < -0.3 is 0 Å². The van der Waals surface area contributed by atoms with Crippen LogP contribution in [0.1, 0.15) is 11.5 Å². The van der Waals surface area contributed by atoms with Crippen molar-refractivity contribution in [3.05, 3.63) is 54.1 Å². The lowest BCUT2D eigenvalue weighted by Gasteiger charge is -2.08. The molecule has 2 aliphatic rings. The number of hydrogen-bond acceptors (Lipinski definition) is 1. The number of para-hydroxylation sites is 1. The fraction of sp³-hybridized carbons (Fsp3) is 0.0833. The SMILES string of the molecule is C1=CC2=Nc3ccccc3[C@@H]2C=C1. The number of hydrogen-bond donors (Lipinski definition) is 0. The van der Waals surface area contributed by atoms with Crippen LogP contribution in [0.4, 0.5) is 5.69 Å². The van der Waals surface area contributed by atoms with Gasteiger partial charge in [0.05, 0.1) is 11.4 Å². The molecule has 1 atom stereocenters. The molecule has 0 unspecified atom stereocenters. The first kappa shape index (κ1) is 6.84. The summed E-state index contributed by atoms with van der Waals surface area (Å²) in [4.78, 5) is 4.55. The van der Waals surface area contributed by atoms with Crippen molar-refractivity contribution in [3.8, 4) is 0 Å². The number of rotatable bonds is 0. The number of benzene rings is 1. The van der Waals surface area contributed by atoms with Crippen LogP contribution in [-0.2, 0) is 0 Å². The van der Waals surface area contributed by atoms with Crippen molar-refractivity contribution in [2.75, 3.05) is 0 Å². The topological polar surface area (TPSA) is 12.4 Å². The van der Waals surface area contributed by atoms with Gasteiger partial charge in [-0.15, -0.1) is 0 Å². The van der Waals surface area contributed by atoms with Crippen molar-refractivity contribution in [3.63, 3.8) is 0 Å². The highest BCUT2D eigenvalue weighted by Crippen LogP contribution is 2.37. The molecule has 0 aromatic heterocycles. The maximum absolute atomic E-state index is 4.55. The molecule has 1 heterocycles. The first-order chi connectivity index (χ1) is 6.45. The van der Waals surface area contributed by atoms with Gasteiger partial charge >= 0.3 is 0 Å². The second-order valence-corrected chi connectivity index (χ2v) is 3.32. The van der Waals surface area contributed by atoms with E-state index in [1.807, 2.05) is 12.1 Å². The second-order valence-electron chi connectivity index (χ2n) is 3.32. The third kappa shape index (κ3) is 0.903. The number of fused-ring (bicyclic) bond motifs is 3. The minimum Gasteiger partial charge on any atom is -0.252 e. The van der Waals surface area contributed by atoms with Gasteiger partial charge in [0.25, 0.3) is 0 Å². The summed E-state index contributed by atoms with van der Waals surface area (Å²) in [5.41, 5.74) is 3.63. The lowest BCUT2D eigenvalue weighted by molar-refractivity contribution is 1.18. The van der Waals surface area contributed by atoms with E-state index in [1.165, 1.54) is 11.3 Å². The van der Waals surface area contributed by atoms with Crippen LogP contribution in [0.5, 0.6) is 0 Å². The van der Waals surface area contributed by atoms with Crippen LogP contribution in [0.3, 0.4) is 0 Å². The lowest BCUT2D eigenvalue weighted by atomic mass is 9.93. The molecule has 1 nitrogen and oxygen atoms in total. The normalized spacial score (nSPS) is 22.5. The molecule has 1 aliphatic heterocycles. The largest absolute Gasteiger partial charge is 0.252 e. The minimum absolute atomic E-state index is 0.404. The van der Waals surface area contributed by atoms with Crippen LogP contribution in [0.2, 0.25) is 0 Å². The molecule has 0 N–H and O–H groups in total. The first-order valence-electron chi connectivity index (χ1n) is 4.47. The summed E-state index contributed by atoms with van der Waals surface area (Å²) in [6.07, 6.45) is 8.42. The van der Waals surface area contributed by atoms with E-state index in [9.17, 15) is 0 Å². The quantitative estimate of drug-likeness (QED) is 0.563. The van der Waals surface area contributed by atoms with E-state index >= 15 is 0 Å². The van der Waals surface area contributed by atoms with Gasteiger partial charge in [-0.3, -0.25) is 4.99 Å². The molecule has 0 bridgehead atoms. The predicted molar refractivity (Wildman–Crippen MR) is 54.6 cm³/mol. The average molecular weight is 167 g/mol. The Balaban J connectivity index is 2.22. The van der Waals surface area contributed by atoms with Gasteiger partial charge in [0.15, 0.2) is 0 Å². The molecule has 62 valence electrons. The zero-order valence-corrected chi connectivity index (χ0v) is 7.14. The van der Waals surface area contributed by atoms with Gasteiger partial charge in [-0.05, 0) is 17.7 Å². The summed E-state index contributed by atoms with van der Waals surface area (Å²) in [5.74, 6) is 0.404. The Kier molecular flexibility index (Phi) is 1.28. The Bertz CT molecular complexity index is 438. The molecule has 0 radical (unpaired) electrons. The Morgan fingerprint density at radius 2 is 2.00 bits per heavy atom. The van der Waals surface area contributed by atoms with E-state index in [2.05, 4.69) is 41.4 Å². The Morgan fingerprint density at radius 3 is 3.00 bits per heavy atom. The van der Waals surface area contributed by atoms with E-state index < -0.39 is 0 Å². The van der Waals surface area contributed by atoms with Crippen molar-refractivity contribution >= 4 is 11.4 Å². The summed E-state index contributed by atoms with van der Waals surface area (Å²) in [7, 11) is 0. The third-order valence-corrected chi connectivity index (χ3v) is 2.52. The lowest BCUT2D eigenvalue weighted by Crippen LogP contribution is -2.04. The van der Waals surface area contributed by atoms with Gasteiger partial charge in [0, 0.05) is 5.92 Å². The summed E-state index contributed by atoms with van der Waals surface area (Å²) in [6.45, 7) is 0. The number of allylic oxidation sites excluding steroid dienone is 4. The standard InChI is InChI=1S/C12H9N/c1-3-7-11-9(5-1)10-6-2-4-8-12(10)13-11/h1-9H/t9-/m0/s1. The van der Waals surface area contributed by atoms with Crippen molar-refractivity contribution in [2.24, 2.45) is 4.99 Å². The molecular formula is C12H9N. The zero-order valence-electron chi connectivity index (χ0n) is 7.14.